The van der Waals surface area contributed by atoms with Crippen LogP contribution in [0.3, 0.4) is 0 Å². The van der Waals surface area contributed by atoms with E-state index in [4.69, 9.17) is 9.47 Å². The molecular formula is C26H41N7O5SSi. The fourth-order valence-electron chi connectivity index (χ4n) is 5.15. The summed E-state index contributed by atoms with van der Waals surface area (Å²) < 4.78 is 41.9. The summed E-state index contributed by atoms with van der Waals surface area (Å²) in [6, 6.07) is 4.89. The normalized spacial score (nSPS) is 20.4. The number of hydrogen-bond donors (Lipinski definition) is 0. The number of rotatable bonds is 9. The van der Waals surface area contributed by atoms with Crippen LogP contribution in [0.4, 0.5) is 10.6 Å². The second kappa shape index (κ2) is 11.6. The number of fused-ring (bicyclic) bond motifs is 2. The number of ether oxygens (including phenoxy) is 2. The van der Waals surface area contributed by atoms with E-state index in [1.165, 1.54) is 4.31 Å². The third kappa shape index (κ3) is 6.94. The van der Waals surface area contributed by atoms with Crippen LogP contribution in [0.15, 0.2) is 18.6 Å². The van der Waals surface area contributed by atoms with Crippen LogP contribution in [0, 0.1) is 23.2 Å². The molecule has 0 unspecified atom stereocenters. The van der Waals surface area contributed by atoms with Gasteiger partial charge in [-0.1, -0.05) is 19.6 Å². The van der Waals surface area contributed by atoms with Crippen molar-refractivity contribution >= 4 is 41.2 Å². The van der Waals surface area contributed by atoms with Gasteiger partial charge in [-0.2, -0.15) is 22.3 Å². The average molecular weight is 592 g/mol. The molecule has 2 aromatic heterocycles. The van der Waals surface area contributed by atoms with Gasteiger partial charge < -0.3 is 18.9 Å². The Kier molecular flexibility index (Phi) is 8.79. The number of anilines is 1. The summed E-state index contributed by atoms with van der Waals surface area (Å²) in [4.78, 5) is 24.0. The van der Waals surface area contributed by atoms with Crippen LogP contribution in [0.2, 0.25) is 25.7 Å². The standard InChI is InChI=1S/C26H41N7O5SSi/c1-26(2,3)38-25(34)33(12-9-27)39(35,36)32-16-20-7-10-30(15-21(20)17-32)23-22-8-11-31(24(22)29-18-28-23)19-37-13-14-40(4,5)6/h8,11,18,20-21H,7,10,12-17,19H2,1-6H3/t20-,21+/m1/s1. The van der Waals surface area contributed by atoms with Crippen LogP contribution < -0.4 is 4.90 Å². The summed E-state index contributed by atoms with van der Waals surface area (Å²) in [6.45, 7) is 14.4. The van der Waals surface area contributed by atoms with Crippen molar-refractivity contribution in [1.29, 1.82) is 5.26 Å². The van der Waals surface area contributed by atoms with Gasteiger partial charge in [0.15, 0.2) is 0 Å². The molecule has 12 nitrogen and oxygen atoms in total. The fourth-order valence-corrected chi connectivity index (χ4v) is 7.39. The number of piperidine rings is 1. The number of hydrogen-bond acceptors (Lipinski definition) is 9. The van der Waals surface area contributed by atoms with Crippen LogP contribution >= 0.6 is 0 Å². The van der Waals surface area contributed by atoms with Crippen molar-refractivity contribution in [1.82, 2.24) is 23.1 Å². The van der Waals surface area contributed by atoms with E-state index in [1.807, 2.05) is 16.8 Å². The average Bonchev–Trinajstić information content (AvgIpc) is 3.47. The fraction of sp³-hybridized carbons (Fsp3) is 0.692. The first kappa shape index (κ1) is 30.2. The Hall–Kier alpha value is -2.73. The van der Waals surface area contributed by atoms with Gasteiger partial charge in [0.05, 0.1) is 11.5 Å². The second-order valence-electron chi connectivity index (χ2n) is 12.8. The Morgan fingerprint density at radius 1 is 1.20 bits per heavy atom. The number of amides is 1. The maximum Gasteiger partial charge on any atom is 0.426 e. The van der Waals surface area contributed by atoms with Gasteiger partial charge in [0.1, 0.15) is 36.7 Å². The molecule has 4 heterocycles. The van der Waals surface area contributed by atoms with Gasteiger partial charge in [-0.05, 0) is 51.1 Å². The summed E-state index contributed by atoms with van der Waals surface area (Å²) >= 11 is 0. The Bertz CT molecular complexity index is 1360. The molecule has 40 heavy (non-hydrogen) atoms. The van der Waals surface area contributed by atoms with Crippen molar-refractivity contribution in [3.8, 4) is 6.07 Å². The van der Waals surface area contributed by atoms with Crippen molar-refractivity contribution in [3.05, 3.63) is 18.6 Å². The van der Waals surface area contributed by atoms with E-state index < -0.39 is 36.5 Å². The Balaban J connectivity index is 1.45. The second-order valence-corrected chi connectivity index (χ2v) is 20.3. The van der Waals surface area contributed by atoms with Crippen LogP contribution in [0.1, 0.15) is 27.2 Å². The lowest BCUT2D eigenvalue weighted by atomic mass is 9.88. The first-order valence-corrected chi connectivity index (χ1v) is 18.8. The van der Waals surface area contributed by atoms with E-state index in [-0.39, 0.29) is 18.4 Å². The van der Waals surface area contributed by atoms with Crippen molar-refractivity contribution in [2.75, 3.05) is 44.2 Å². The molecule has 0 aromatic carbocycles. The SMILES string of the molecule is CC(C)(C)OC(=O)N(CC#N)S(=O)(=O)N1C[C@H]2CCN(c3ncnc4c3ccn4COCC[Si](C)(C)C)C[C@H]2C1. The minimum Gasteiger partial charge on any atom is -0.443 e. The maximum atomic E-state index is 13.4. The summed E-state index contributed by atoms with van der Waals surface area (Å²) in [5, 5.41) is 10.2. The number of nitrogens with zero attached hydrogens (tertiary/aromatic N) is 7. The summed E-state index contributed by atoms with van der Waals surface area (Å²) in [5.41, 5.74) is -0.0814. The van der Waals surface area contributed by atoms with Crippen LogP contribution in [-0.2, 0) is 26.4 Å². The minimum atomic E-state index is -4.22. The molecule has 220 valence electrons. The van der Waals surface area contributed by atoms with Crippen LogP contribution in [0.25, 0.3) is 11.0 Å². The predicted octanol–water partition coefficient (Wildman–Crippen LogP) is 3.51. The Morgan fingerprint density at radius 2 is 1.93 bits per heavy atom. The molecule has 2 fully saturated rings. The van der Waals surface area contributed by atoms with Crippen molar-refractivity contribution in [2.45, 2.75) is 65.2 Å². The highest BCUT2D eigenvalue weighted by Gasteiger charge is 2.45. The first-order valence-electron chi connectivity index (χ1n) is 13.7. The molecule has 2 saturated heterocycles. The Labute approximate surface area is 238 Å². The lowest BCUT2D eigenvalue weighted by Gasteiger charge is -2.35. The van der Waals surface area contributed by atoms with Gasteiger partial charge in [0, 0.05) is 47.1 Å². The summed E-state index contributed by atoms with van der Waals surface area (Å²) in [7, 11) is -5.38. The molecule has 0 radical (unpaired) electrons. The van der Waals surface area contributed by atoms with E-state index in [1.54, 1.807) is 33.2 Å². The zero-order chi connectivity index (χ0) is 29.3. The van der Waals surface area contributed by atoms with Gasteiger partial charge in [-0.3, -0.25) is 0 Å². The molecule has 0 spiro atoms. The molecule has 2 aliphatic heterocycles. The van der Waals surface area contributed by atoms with Crippen LogP contribution in [0.5, 0.6) is 0 Å². The number of carbonyl (C=O) groups excluding carboxylic acids is 1. The highest BCUT2D eigenvalue weighted by Crippen LogP contribution is 2.36. The van der Waals surface area contributed by atoms with E-state index in [0.717, 1.165) is 42.5 Å². The minimum absolute atomic E-state index is 0.0584. The van der Waals surface area contributed by atoms with Gasteiger partial charge in [0.2, 0.25) is 0 Å². The van der Waals surface area contributed by atoms with E-state index in [2.05, 4.69) is 34.5 Å². The molecule has 0 N–H and O–H groups in total. The third-order valence-corrected chi connectivity index (χ3v) is 10.7. The molecule has 2 aliphatic rings. The molecule has 0 bridgehead atoms. The molecule has 1 amide bonds. The van der Waals surface area contributed by atoms with E-state index >= 15 is 0 Å². The van der Waals surface area contributed by atoms with Crippen molar-refractivity contribution in [2.24, 2.45) is 11.8 Å². The van der Waals surface area contributed by atoms with Crippen molar-refractivity contribution < 1.29 is 22.7 Å². The highest BCUT2D eigenvalue weighted by molar-refractivity contribution is 7.87. The maximum absolute atomic E-state index is 13.4. The molecule has 0 aliphatic carbocycles. The van der Waals surface area contributed by atoms with E-state index in [9.17, 15) is 18.5 Å². The number of aromatic nitrogens is 3. The lowest BCUT2D eigenvalue weighted by molar-refractivity contribution is 0.0398. The monoisotopic (exact) mass is 591 g/mol. The highest BCUT2D eigenvalue weighted by atomic mass is 32.2. The predicted molar refractivity (Wildman–Crippen MR) is 154 cm³/mol. The van der Waals surface area contributed by atoms with Gasteiger partial charge in [0.25, 0.3) is 0 Å². The molecule has 14 heteroatoms. The molecule has 2 aromatic rings. The molecule has 4 rings (SSSR count). The topological polar surface area (TPSA) is 134 Å². The molecular weight excluding hydrogens is 550 g/mol. The largest absolute Gasteiger partial charge is 0.443 e. The zero-order valence-electron chi connectivity index (χ0n) is 24.3. The number of carbonyl (C=O) groups is 1. The smallest absolute Gasteiger partial charge is 0.426 e. The van der Waals surface area contributed by atoms with Crippen LogP contribution in [-0.4, -0.2) is 90.7 Å². The third-order valence-electron chi connectivity index (χ3n) is 7.25. The van der Waals surface area contributed by atoms with Gasteiger partial charge >= 0.3 is 16.3 Å². The summed E-state index contributed by atoms with van der Waals surface area (Å²) in [5.74, 6) is 1.03. The Morgan fingerprint density at radius 3 is 2.60 bits per heavy atom. The lowest BCUT2D eigenvalue weighted by Crippen LogP contribution is -2.48. The molecule has 2 atom stereocenters. The van der Waals surface area contributed by atoms with E-state index in [0.29, 0.717) is 24.1 Å². The molecule has 0 saturated carbocycles. The van der Waals surface area contributed by atoms with Gasteiger partial charge in [-0.25, -0.2) is 14.8 Å². The first-order chi connectivity index (χ1) is 18.7. The summed E-state index contributed by atoms with van der Waals surface area (Å²) in [6.07, 6.45) is 3.28. The number of nitriles is 1. The van der Waals surface area contributed by atoms with Crippen molar-refractivity contribution in [3.63, 3.8) is 0 Å². The van der Waals surface area contributed by atoms with Gasteiger partial charge in [-0.15, -0.1) is 0 Å². The zero-order valence-corrected chi connectivity index (χ0v) is 26.1. The quantitative estimate of drug-likeness (QED) is 0.244.